The van der Waals surface area contributed by atoms with Gasteiger partial charge >= 0.3 is 0 Å². The molecule has 3 aromatic rings. The lowest BCUT2D eigenvalue weighted by atomic mass is 10.1. The predicted molar refractivity (Wildman–Crippen MR) is 92.8 cm³/mol. The maximum absolute atomic E-state index is 9.02. The van der Waals surface area contributed by atoms with Gasteiger partial charge in [0, 0.05) is 10.5 Å². The van der Waals surface area contributed by atoms with Gasteiger partial charge in [0.25, 0.3) is 0 Å². The fourth-order valence-corrected chi connectivity index (χ4v) is 2.81. The van der Waals surface area contributed by atoms with Crippen molar-refractivity contribution in [2.24, 2.45) is 5.16 Å². The lowest BCUT2D eigenvalue weighted by Crippen LogP contribution is -1.91. The molecule has 24 heavy (non-hydrogen) atoms. The van der Waals surface area contributed by atoms with E-state index in [4.69, 9.17) is 14.5 Å². The van der Waals surface area contributed by atoms with Crippen LogP contribution >= 0.6 is 11.8 Å². The van der Waals surface area contributed by atoms with Crippen LogP contribution in [0.3, 0.4) is 0 Å². The van der Waals surface area contributed by atoms with Gasteiger partial charge in [-0.1, -0.05) is 53.3 Å². The lowest BCUT2D eigenvalue weighted by Gasteiger charge is -2.01. The molecule has 0 aliphatic heterocycles. The van der Waals surface area contributed by atoms with Crippen LogP contribution in [0.4, 0.5) is 0 Å². The van der Waals surface area contributed by atoms with E-state index in [2.05, 4.69) is 11.2 Å². The summed E-state index contributed by atoms with van der Waals surface area (Å²) in [7, 11) is 0. The molecule has 0 unspecified atom stereocenters. The molecular formula is C19H14N2O2S. The smallest absolute Gasteiger partial charge is 0.165 e. The number of benzene rings is 2. The van der Waals surface area contributed by atoms with E-state index in [-0.39, 0.29) is 6.61 Å². The molecule has 5 heteroatoms. The third-order valence-corrected chi connectivity index (χ3v) is 4.10. The van der Waals surface area contributed by atoms with Gasteiger partial charge in [-0.25, -0.2) is 0 Å². The van der Waals surface area contributed by atoms with Gasteiger partial charge in [-0.15, -0.1) is 0 Å². The Labute approximate surface area is 144 Å². The number of oxime groups is 1. The van der Waals surface area contributed by atoms with Gasteiger partial charge < -0.3 is 9.25 Å². The van der Waals surface area contributed by atoms with Crippen molar-refractivity contribution in [2.75, 3.05) is 0 Å². The number of hydrogen-bond donors (Lipinski definition) is 0. The van der Waals surface area contributed by atoms with Crippen molar-refractivity contribution in [3.05, 3.63) is 83.6 Å². The summed E-state index contributed by atoms with van der Waals surface area (Å²) in [5, 5.41) is 13.7. The molecule has 0 saturated carbocycles. The Kier molecular flexibility index (Phi) is 5.33. The van der Waals surface area contributed by atoms with E-state index >= 15 is 0 Å². The molecule has 0 N–H and O–H groups in total. The van der Waals surface area contributed by atoms with Gasteiger partial charge in [0.15, 0.2) is 5.09 Å². The van der Waals surface area contributed by atoms with Crippen molar-refractivity contribution in [1.82, 2.24) is 0 Å². The zero-order valence-corrected chi connectivity index (χ0v) is 13.6. The molecule has 0 saturated heterocycles. The summed E-state index contributed by atoms with van der Waals surface area (Å²) in [4.78, 5) is 6.36. The predicted octanol–water partition coefficient (Wildman–Crippen LogP) is 4.85. The van der Waals surface area contributed by atoms with Gasteiger partial charge in [0.2, 0.25) is 0 Å². The molecule has 0 aliphatic rings. The summed E-state index contributed by atoms with van der Waals surface area (Å²) in [6, 6.07) is 23.1. The third kappa shape index (κ3) is 4.28. The second-order valence-electron chi connectivity index (χ2n) is 4.85. The van der Waals surface area contributed by atoms with Crippen LogP contribution < -0.4 is 0 Å². The monoisotopic (exact) mass is 334 g/mol. The molecular weight excluding hydrogens is 320 g/mol. The van der Waals surface area contributed by atoms with Crippen LogP contribution in [0.25, 0.3) is 0 Å². The fourth-order valence-electron chi connectivity index (χ4n) is 2.01. The SMILES string of the molecule is N#Cc1ccccc1CO/N=C\c1ccc(Sc2ccccc2)o1. The zero-order valence-electron chi connectivity index (χ0n) is 12.8. The minimum Gasteiger partial charge on any atom is -0.448 e. The molecule has 0 atom stereocenters. The van der Waals surface area contributed by atoms with Crippen LogP contribution in [0.1, 0.15) is 16.9 Å². The molecule has 0 fully saturated rings. The Hall–Kier alpha value is -2.97. The number of furan rings is 1. The summed E-state index contributed by atoms with van der Waals surface area (Å²) in [5.74, 6) is 0.613. The molecule has 0 spiro atoms. The van der Waals surface area contributed by atoms with E-state index in [0.29, 0.717) is 11.3 Å². The van der Waals surface area contributed by atoms with Gasteiger partial charge in [-0.3, -0.25) is 0 Å². The highest BCUT2D eigenvalue weighted by Crippen LogP contribution is 2.28. The zero-order chi connectivity index (χ0) is 16.6. The van der Waals surface area contributed by atoms with Crippen molar-refractivity contribution in [1.29, 1.82) is 5.26 Å². The first kappa shape index (κ1) is 15.9. The quantitative estimate of drug-likeness (QED) is 0.477. The molecule has 0 radical (unpaired) electrons. The van der Waals surface area contributed by atoms with Crippen LogP contribution in [-0.2, 0) is 11.4 Å². The van der Waals surface area contributed by atoms with Gasteiger partial charge in [-0.2, -0.15) is 5.26 Å². The maximum atomic E-state index is 9.02. The highest BCUT2D eigenvalue weighted by molar-refractivity contribution is 7.99. The minimum atomic E-state index is 0.243. The lowest BCUT2D eigenvalue weighted by molar-refractivity contribution is 0.131. The van der Waals surface area contributed by atoms with Crippen LogP contribution in [0, 0.1) is 11.3 Å². The van der Waals surface area contributed by atoms with E-state index in [0.717, 1.165) is 15.6 Å². The average molecular weight is 334 g/mol. The van der Waals surface area contributed by atoms with E-state index < -0.39 is 0 Å². The highest BCUT2D eigenvalue weighted by Gasteiger charge is 2.03. The Bertz CT molecular complexity index is 866. The second kappa shape index (κ2) is 8.04. The van der Waals surface area contributed by atoms with E-state index in [1.54, 1.807) is 17.8 Å². The van der Waals surface area contributed by atoms with E-state index in [1.807, 2.05) is 60.7 Å². The van der Waals surface area contributed by atoms with Crippen LogP contribution in [0.2, 0.25) is 0 Å². The van der Waals surface area contributed by atoms with Gasteiger partial charge in [-0.05, 0) is 30.3 Å². The molecule has 1 aromatic heterocycles. The van der Waals surface area contributed by atoms with Crippen molar-refractivity contribution in [2.45, 2.75) is 16.6 Å². The summed E-state index contributed by atoms with van der Waals surface area (Å²) >= 11 is 1.54. The highest BCUT2D eigenvalue weighted by atomic mass is 32.2. The summed E-state index contributed by atoms with van der Waals surface area (Å²) in [5.41, 5.74) is 1.39. The van der Waals surface area contributed by atoms with Crippen molar-refractivity contribution in [3.8, 4) is 6.07 Å². The van der Waals surface area contributed by atoms with E-state index in [9.17, 15) is 0 Å². The number of nitriles is 1. The average Bonchev–Trinajstić information content (AvgIpc) is 3.07. The number of nitrogens with zero attached hydrogens (tertiary/aromatic N) is 2. The largest absolute Gasteiger partial charge is 0.448 e. The summed E-state index contributed by atoms with van der Waals surface area (Å²) in [6.45, 7) is 0.243. The van der Waals surface area contributed by atoms with Gasteiger partial charge in [0.05, 0.1) is 11.6 Å². The maximum Gasteiger partial charge on any atom is 0.165 e. The first-order chi connectivity index (χ1) is 11.8. The van der Waals surface area contributed by atoms with Crippen molar-refractivity contribution < 1.29 is 9.25 Å². The Morgan fingerprint density at radius 1 is 1.04 bits per heavy atom. The first-order valence-corrected chi connectivity index (χ1v) is 8.13. The molecule has 0 aliphatic carbocycles. The molecule has 4 nitrogen and oxygen atoms in total. The summed E-state index contributed by atoms with van der Waals surface area (Å²) < 4.78 is 5.67. The molecule has 118 valence electrons. The molecule has 0 bridgehead atoms. The van der Waals surface area contributed by atoms with Crippen LogP contribution in [0.5, 0.6) is 0 Å². The topological polar surface area (TPSA) is 58.5 Å². The molecule has 2 aromatic carbocycles. The van der Waals surface area contributed by atoms with Crippen molar-refractivity contribution in [3.63, 3.8) is 0 Å². The molecule has 3 rings (SSSR count). The number of rotatable bonds is 6. The van der Waals surface area contributed by atoms with Crippen molar-refractivity contribution >= 4 is 18.0 Å². The van der Waals surface area contributed by atoms with Gasteiger partial charge in [0.1, 0.15) is 18.6 Å². The van der Waals surface area contributed by atoms with Crippen LogP contribution in [0.15, 0.2) is 86.3 Å². The Balaban J connectivity index is 1.55. The van der Waals surface area contributed by atoms with Crippen LogP contribution in [-0.4, -0.2) is 6.21 Å². The number of hydrogen-bond acceptors (Lipinski definition) is 5. The third-order valence-electron chi connectivity index (χ3n) is 3.18. The minimum absolute atomic E-state index is 0.243. The standard InChI is InChI=1S/C19H14N2O2S/c20-12-15-6-4-5-7-16(15)14-22-21-13-17-10-11-19(23-17)24-18-8-2-1-3-9-18/h1-11,13H,14H2/b21-13-. The fraction of sp³-hybridized carbons (Fsp3) is 0.0526. The summed E-state index contributed by atoms with van der Waals surface area (Å²) in [6.07, 6.45) is 1.52. The first-order valence-electron chi connectivity index (χ1n) is 7.31. The van der Waals surface area contributed by atoms with E-state index in [1.165, 1.54) is 6.21 Å². The molecule has 1 heterocycles. The normalized spacial score (nSPS) is 10.6. The Morgan fingerprint density at radius 2 is 1.83 bits per heavy atom. The Morgan fingerprint density at radius 3 is 2.67 bits per heavy atom. The second-order valence-corrected chi connectivity index (χ2v) is 5.93. The molecule has 0 amide bonds.